The summed E-state index contributed by atoms with van der Waals surface area (Å²) in [5.74, 6) is 0.482. The minimum Gasteiger partial charge on any atom is -0.383 e. The Bertz CT molecular complexity index is 590. The van der Waals surface area contributed by atoms with Gasteiger partial charge in [-0.2, -0.15) is 0 Å². The molecule has 106 valence electrons. The Labute approximate surface area is 116 Å². The van der Waals surface area contributed by atoms with Gasteiger partial charge in [0.25, 0.3) is 0 Å². The third-order valence-corrected chi connectivity index (χ3v) is 2.69. The third kappa shape index (κ3) is 3.61. The number of anilines is 1. The number of methoxy groups -OCH3 is 1. The number of nitrogens with zero attached hydrogens (tertiary/aromatic N) is 3. The summed E-state index contributed by atoms with van der Waals surface area (Å²) in [5, 5.41) is 5.79. The normalized spacial score (nSPS) is 12.1. The molecule has 0 aliphatic carbocycles. The minimum absolute atomic E-state index is 0.108. The lowest BCUT2D eigenvalue weighted by Gasteiger charge is -2.14. The van der Waals surface area contributed by atoms with Crippen LogP contribution in [0.1, 0.15) is 6.92 Å². The predicted octanol–water partition coefficient (Wildman–Crippen LogP) is 0.588. The highest BCUT2D eigenvalue weighted by Gasteiger charge is 2.12. The smallest absolute Gasteiger partial charge is 0.242 e. The van der Waals surface area contributed by atoms with E-state index < -0.39 is 6.04 Å². The van der Waals surface area contributed by atoms with E-state index in [-0.39, 0.29) is 5.91 Å². The van der Waals surface area contributed by atoms with Gasteiger partial charge in [0, 0.05) is 26.0 Å². The number of carbonyl (C=O) groups excluding carboxylic acids is 1. The predicted molar refractivity (Wildman–Crippen MR) is 75.3 cm³/mol. The largest absolute Gasteiger partial charge is 0.383 e. The summed E-state index contributed by atoms with van der Waals surface area (Å²) >= 11 is 0. The molecule has 0 bridgehead atoms. The first-order valence-corrected chi connectivity index (χ1v) is 6.31. The van der Waals surface area contributed by atoms with Crippen LogP contribution >= 0.6 is 0 Å². The number of ether oxygens (including phenoxy) is 1. The molecule has 0 radical (unpaired) electrons. The SMILES string of the molecule is COCCNC(=O)C(C)Nc1ccc2nccnc2n1. The molecule has 2 N–H and O–H groups in total. The van der Waals surface area contributed by atoms with Gasteiger partial charge in [0.2, 0.25) is 5.91 Å². The topological polar surface area (TPSA) is 89.0 Å². The van der Waals surface area contributed by atoms with Crippen LogP contribution in [0.25, 0.3) is 11.2 Å². The van der Waals surface area contributed by atoms with Crippen LogP contribution in [0.15, 0.2) is 24.5 Å². The monoisotopic (exact) mass is 275 g/mol. The molecule has 20 heavy (non-hydrogen) atoms. The highest BCUT2D eigenvalue weighted by Crippen LogP contribution is 2.10. The van der Waals surface area contributed by atoms with Crippen molar-refractivity contribution in [3.8, 4) is 0 Å². The molecule has 0 spiro atoms. The molecule has 0 aliphatic rings. The molecule has 0 saturated carbocycles. The van der Waals surface area contributed by atoms with Gasteiger partial charge in [-0.15, -0.1) is 0 Å². The summed E-state index contributed by atoms with van der Waals surface area (Å²) < 4.78 is 4.88. The van der Waals surface area contributed by atoms with Gasteiger partial charge >= 0.3 is 0 Å². The number of rotatable bonds is 6. The highest BCUT2D eigenvalue weighted by molar-refractivity contribution is 5.84. The van der Waals surface area contributed by atoms with Crippen molar-refractivity contribution in [3.63, 3.8) is 0 Å². The number of hydrogen-bond donors (Lipinski definition) is 2. The Morgan fingerprint density at radius 2 is 2.15 bits per heavy atom. The van der Waals surface area contributed by atoms with Crippen LogP contribution < -0.4 is 10.6 Å². The lowest BCUT2D eigenvalue weighted by atomic mass is 10.3. The molecule has 1 atom stereocenters. The second-order valence-electron chi connectivity index (χ2n) is 4.25. The van der Waals surface area contributed by atoms with Gasteiger partial charge in [-0.25, -0.2) is 9.97 Å². The van der Waals surface area contributed by atoms with Crippen LogP contribution in [0.3, 0.4) is 0 Å². The van der Waals surface area contributed by atoms with E-state index in [0.717, 1.165) is 5.52 Å². The fraction of sp³-hybridized carbons (Fsp3) is 0.385. The molecule has 0 fully saturated rings. The van der Waals surface area contributed by atoms with E-state index in [1.54, 1.807) is 32.5 Å². The maximum atomic E-state index is 11.8. The van der Waals surface area contributed by atoms with Crippen molar-refractivity contribution in [2.75, 3.05) is 25.6 Å². The number of nitrogens with one attached hydrogen (secondary N) is 2. The van der Waals surface area contributed by atoms with E-state index in [1.165, 1.54) is 0 Å². The first-order valence-electron chi connectivity index (χ1n) is 6.31. The summed E-state index contributed by atoms with van der Waals surface area (Å²) in [7, 11) is 1.59. The Balaban J connectivity index is 1.98. The van der Waals surface area contributed by atoms with E-state index in [9.17, 15) is 4.79 Å². The molecule has 2 aromatic heterocycles. The Morgan fingerprint density at radius 3 is 2.95 bits per heavy atom. The summed E-state index contributed by atoms with van der Waals surface area (Å²) in [6.45, 7) is 2.74. The zero-order valence-corrected chi connectivity index (χ0v) is 11.5. The van der Waals surface area contributed by atoms with Gasteiger partial charge in [-0.3, -0.25) is 9.78 Å². The molecule has 1 unspecified atom stereocenters. The van der Waals surface area contributed by atoms with E-state index in [4.69, 9.17) is 4.74 Å². The van der Waals surface area contributed by atoms with Crippen molar-refractivity contribution < 1.29 is 9.53 Å². The molecule has 0 aromatic carbocycles. The summed E-state index contributed by atoms with van der Waals surface area (Å²) in [5.41, 5.74) is 1.26. The number of hydrogen-bond acceptors (Lipinski definition) is 6. The van der Waals surface area contributed by atoms with Crippen molar-refractivity contribution in [1.82, 2.24) is 20.3 Å². The van der Waals surface area contributed by atoms with Gasteiger partial charge in [0.05, 0.1) is 6.61 Å². The second kappa shape index (κ2) is 6.76. The van der Waals surface area contributed by atoms with Crippen molar-refractivity contribution >= 4 is 22.9 Å². The molecule has 0 aliphatic heterocycles. The van der Waals surface area contributed by atoms with Crippen LogP contribution in [0.5, 0.6) is 0 Å². The second-order valence-corrected chi connectivity index (χ2v) is 4.25. The average molecular weight is 275 g/mol. The minimum atomic E-state index is -0.395. The molecular formula is C13H17N5O2. The van der Waals surface area contributed by atoms with Crippen molar-refractivity contribution in [1.29, 1.82) is 0 Å². The molecule has 2 aromatic rings. The van der Waals surface area contributed by atoms with E-state index in [1.807, 2.05) is 6.07 Å². The van der Waals surface area contributed by atoms with Crippen molar-refractivity contribution in [2.24, 2.45) is 0 Å². The Kier molecular flexibility index (Phi) is 4.78. The lowest BCUT2D eigenvalue weighted by Crippen LogP contribution is -2.39. The number of pyridine rings is 1. The lowest BCUT2D eigenvalue weighted by molar-refractivity contribution is -0.121. The van der Waals surface area contributed by atoms with Gasteiger partial charge < -0.3 is 15.4 Å². The summed E-state index contributed by atoms with van der Waals surface area (Å²) in [4.78, 5) is 24.4. The third-order valence-electron chi connectivity index (χ3n) is 2.69. The highest BCUT2D eigenvalue weighted by atomic mass is 16.5. The zero-order chi connectivity index (χ0) is 14.4. The number of aromatic nitrogens is 3. The molecule has 2 rings (SSSR count). The zero-order valence-electron chi connectivity index (χ0n) is 11.5. The molecule has 0 saturated heterocycles. The van der Waals surface area contributed by atoms with Gasteiger partial charge in [-0.05, 0) is 19.1 Å². The Hall–Kier alpha value is -2.28. The van der Waals surface area contributed by atoms with Crippen LogP contribution in [0.2, 0.25) is 0 Å². The first-order chi connectivity index (χ1) is 9.70. The number of amides is 1. The summed E-state index contributed by atoms with van der Waals surface area (Å²) in [6.07, 6.45) is 3.20. The van der Waals surface area contributed by atoms with E-state index in [0.29, 0.717) is 24.6 Å². The average Bonchev–Trinajstić information content (AvgIpc) is 2.47. The molecule has 2 heterocycles. The van der Waals surface area contributed by atoms with Crippen LogP contribution in [-0.4, -0.2) is 47.2 Å². The molecular weight excluding hydrogens is 258 g/mol. The van der Waals surface area contributed by atoms with Crippen LogP contribution in [0, 0.1) is 0 Å². The van der Waals surface area contributed by atoms with Gasteiger partial charge in [-0.1, -0.05) is 0 Å². The van der Waals surface area contributed by atoms with Crippen LogP contribution in [0.4, 0.5) is 5.82 Å². The number of carbonyl (C=O) groups is 1. The maximum absolute atomic E-state index is 11.8. The molecule has 7 nitrogen and oxygen atoms in total. The van der Waals surface area contributed by atoms with Gasteiger partial charge in [0.15, 0.2) is 5.65 Å². The van der Waals surface area contributed by atoms with E-state index >= 15 is 0 Å². The molecule has 7 heteroatoms. The molecule has 1 amide bonds. The Morgan fingerprint density at radius 1 is 1.35 bits per heavy atom. The summed E-state index contributed by atoms with van der Waals surface area (Å²) in [6, 6.07) is 3.19. The van der Waals surface area contributed by atoms with Crippen molar-refractivity contribution in [2.45, 2.75) is 13.0 Å². The standard InChI is InChI=1S/C13H17N5O2/c1-9(13(19)16-7-8-20-2)17-11-4-3-10-12(18-11)15-6-5-14-10/h3-6,9H,7-8H2,1-2H3,(H,16,19)(H,15,17,18). The van der Waals surface area contributed by atoms with Crippen LogP contribution in [-0.2, 0) is 9.53 Å². The fourth-order valence-corrected chi connectivity index (χ4v) is 1.65. The fourth-order valence-electron chi connectivity index (χ4n) is 1.65. The number of fused-ring (bicyclic) bond motifs is 1. The quantitative estimate of drug-likeness (QED) is 0.750. The van der Waals surface area contributed by atoms with E-state index in [2.05, 4.69) is 25.6 Å². The maximum Gasteiger partial charge on any atom is 0.242 e. The van der Waals surface area contributed by atoms with Crippen molar-refractivity contribution in [3.05, 3.63) is 24.5 Å². The van der Waals surface area contributed by atoms with Gasteiger partial charge in [0.1, 0.15) is 17.4 Å². The first kappa shape index (κ1) is 14.1.